The quantitative estimate of drug-likeness (QED) is 0.185. The van der Waals surface area contributed by atoms with Crippen LogP contribution in [0.1, 0.15) is 129 Å². The molecule has 0 unspecified atom stereocenters. The van der Waals surface area contributed by atoms with Gasteiger partial charge in [0.2, 0.25) is 0 Å². The van der Waals surface area contributed by atoms with Crippen molar-refractivity contribution in [2.45, 2.75) is 129 Å². The number of aromatic nitrogens is 2. The van der Waals surface area contributed by atoms with Gasteiger partial charge in [0.25, 0.3) is 0 Å². The molecule has 0 N–H and O–H groups in total. The molecule has 1 fully saturated rings. The van der Waals surface area contributed by atoms with Gasteiger partial charge in [0.1, 0.15) is 5.75 Å². The molecule has 2 aromatic rings. The summed E-state index contributed by atoms with van der Waals surface area (Å²) in [5.41, 5.74) is 2.16. The normalized spacial score (nSPS) is 19.2. The van der Waals surface area contributed by atoms with Gasteiger partial charge < -0.3 is 4.74 Å². The Morgan fingerprint density at radius 2 is 1.39 bits per heavy atom. The smallest absolute Gasteiger partial charge is 0.159 e. The second-order valence-electron chi connectivity index (χ2n) is 11.6. The molecule has 4 nitrogen and oxygen atoms in total. The summed E-state index contributed by atoms with van der Waals surface area (Å²) in [6.07, 6.45) is 26.0. The zero-order valence-corrected chi connectivity index (χ0v) is 24.2. The van der Waals surface area contributed by atoms with Gasteiger partial charge in [0.15, 0.2) is 5.82 Å². The predicted octanol–water partition coefficient (Wildman–Crippen LogP) is 9.88. The second kappa shape index (κ2) is 17.2. The summed E-state index contributed by atoms with van der Waals surface area (Å²) in [6, 6.07) is 10.9. The highest BCUT2D eigenvalue weighted by molar-refractivity contribution is 5.55. The zero-order valence-electron chi connectivity index (χ0n) is 24.2. The molecule has 1 aliphatic carbocycles. The maximum Gasteiger partial charge on any atom is 0.159 e. The number of hydrogen-bond donors (Lipinski definition) is 0. The first-order valence-corrected chi connectivity index (χ1v) is 15.6. The van der Waals surface area contributed by atoms with Crippen LogP contribution >= 0.6 is 0 Å². The van der Waals surface area contributed by atoms with E-state index in [-0.39, 0.29) is 5.41 Å². The van der Waals surface area contributed by atoms with Crippen LogP contribution in [0.25, 0.3) is 11.4 Å². The molecule has 1 heterocycles. The summed E-state index contributed by atoms with van der Waals surface area (Å²) in [7, 11) is 0. The molecule has 0 spiro atoms. The minimum atomic E-state index is -0.0891. The lowest BCUT2D eigenvalue weighted by Gasteiger charge is -2.35. The second-order valence-corrected chi connectivity index (χ2v) is 11.6. The Labute approximate surface area is 232 Å². The van der Waals surface area contributed by atoms with Crippen LogP contribution in [-0.2, 0) is 6.42 Å². The van der Waals surface area contributed by atoms with Crippen molar-refractivity contribution in [3.05, 3.63) is 42.2 Å². The van der Waals surface area contributed by atoms with Crippen LogP contribution in [0.3, 0.4) is 0 Å². The number of hydrogen-bond acceptors (Lipinski definition) is 4. The van der Waals surface area contributed by atoms with E-state index in [4.69, 9.17) is 4.74 Å². The molecule has 0 atom stereocenters. The molecular weight excluding hydrogens is 466 g/mol. The molecule has 208 valence electrons. The van der Waals surface area contributed by atoms with Crippen molar-refractivity contribution in [2.24, 2.45) is 11.3 Å². The van der Waals surface area contributed by atoms with Gasteiger partial charge in [-0.25, -0.2) is 9.97 Å². The van der Waals surface area contributed by atoms with E-state index in [1.807, 2.05) is 24.5 Å². The Hall–Kier alpha value is -2.41. The van der Waals surface area contributed by atoms with E-state index >= 15 is 0 Å². The Bertz CT molecular complexity index is 924. The van der Waals surface area contributed by atoms with E-state index in [0.717, 1.165) is 62.3 Å². The molecule has 38 heavy (non-hydrogen) atoms. The zero-order chi connectivity index (χ0) is 26.9. The lowest BCUT2D eigenvalue weighted by Crippen LogP contribution is -2.28. The van der Waals surface area contributed by atoms with Crippen LogP contribution in [0.5, 0.6) is 5.75 Å². The van der Waals surface area contributed by atoms with E-state index in [9.17, 15) is 5.26 Å². The fraction of sp³-hybridized carbons (Fsp3) is 0.676. The van der Waals surface area contributed by atoms with Crippen molar-refractivity contribution < 1.29 is 4.74 Å². The molecule has 0 aliphatic heterocycles. The molecular formula is C34H51N3O. The summed E-state index contributed by atoms with van der Waals surface area (Å²) < 4.78 is 6.14. The summed E-state index contributed by atoms with van der Waals surface area (Å²) >= 11 is 0. The highest BCUT2D eigenvalue weighted by Gasteiger charge is 2.35. The molecule has 1 aliphatic rings. The number of unbranched alkanes of at least 4 members (excludes halogenated alkanes) is 10. The van der Waals surface area contributed by atoms with E-state index in [1.54, 1.807) is 0 Å². The Morgan fingerprint density at radius 1 is 0.816 bits per heavy atom. The first kappa shape index (κ1) is 30.1. The third-order valence-corrected chi connectivity index (χ3v) is 8.43. The molecule has 4 heteroatoms. The number of nitrogens with zero attached hydrogens (tertiary/aromatic N) is 3. The van der Waals surface area contributed by atoms with Gasteiger partial charge in [-0.05, 0) is 80.7 Å². The van der Waals surface area contributed by atoms with E-state index in [2.05, 4.69) is 42.0 Å². The van der Waals surface area contributed by atoms with Gasteiger partial charge in [-0.3, -0.25) is 0 Å². The van der Waals surface area contributed by atoms with Gasteiger partial charge >= 0.3 is 0 Å². The number of aryl methyl sites for hydroxylation is 1. The van der Waals surface area contributed by atoms with Crippen LogP contribution in [0.4, 0.5) is 0 Å². The van der Waals surface area contributed by atoms with Crippen molar-refractivity contribution in [1.29, 1.82) is 5.26 Å². The van der Waals surface area contributed by atoms with Crippen molar-refractivity contribution >= 4 is 0 Å². The largest absolute Gasteiger partial charge is 0.493 e. The van der Waals surface area contributed by atoms with Crippen LogP contribution < -0.4 is 4.74 Å². The standard InChI is InChI=1S/C34H51N3O/c1-3-5-7-9-10-11-13-15-30-25-36-33(37-26-30)31-16-18-32(19-17-31)38-27-29-20-23-34(28-35,24-21-29)22-14-12-8-6-4-2/h16-19,25-26,29H,3-15,20-24,27H2,1-2H3. The first-order chi connectivity index (χ1) is 18.7. The van der Waals surface area contributed by atoms with Gasteiger partial charge in [0.05, 0.1) is 18.1 Å². The van der Waals surface area contributed by atoms with Crippen molar-refractivity contribution in [1.82, 2.24) is 9.97 Å². The van der Waals surface area contributed by atoms with Gasteiger partial charge in [-0.1, -0.05) is 84.5 Å². The minimum Gasteiger partial charge on any atom is -0.493 e. The van der Waals surface area contributed by atoms with Gasteiger partial charge in [-0.2, -0.15) is 5.26 Å². The molecule has 1 aromatic heterocycles. The monoisotopic (exact) mass is 517 g/mol. The minimum absolute atomic E-state index is 0.0891. The molecule has 1 aromatic carbocycles. The summed E-state index contributed by atoms with van der Waals surface area (Å²) in [4.78, 5) is 9.23. The average Bonchev–Trinajstić information content (AvgIpc) is 2.97. The van der Waals surface area contributed by atoms with Gasteiger partial charge in [0, 0.05) is 18.0 Å². The Morgan fingerprint density at radius 3 is 2.00 bits per heavy atom. The summed E-state index contributed by atoms with van der Waals surface area (Å²) in [5.74, 6) is 2.22. The lowest BCUT2D eigenvalue weighted by molar-refractivity contribution is 0.144. The summed E-state index contributed by atoms with van der Waals surface area (Å²) in [5, 5.41) is 9.86. The highest BCUT2D eigenvalue weighted by Crippen LogP contribution is 2.42. The van der Waals surface area contributed by atoms with E-state index in [0.29, 0.717) is 5.92 Å². The van der Waals surface area contributed by atoms with Gasteiger partial charge in [-0.15, -0.1) is 0 Å². The third kappa shape index (κ3) is 10.4. The fourth-order valence-corrected chi connectivity index (χ4v) is 5.71. The molecule has 3 rings (SSSR count). The maximum absolute atomic E-state index is 9.86. The molecule has 0 saturated heterocycles. The van der Waals surface area contributed by atoms with Crippen LogP contribution in [0, 0.1) is 22.7 Å². The number of rotatable bonds is 18. The predicted molar refractivity (Wildman–Crippen MR) is 158 cm³/mol. The number of ether oxygens (including phenoxy) is 1. The van der Waals surface area contributed by atoms with Crippen LogP contribution in [0.2, 0.25) is 0 Å². The van der Waals surface area contributed by atoms with Crippen molar-refractivity contribution in [3.63, 3.8) is 0 Å². The average molecular weight is 518 g/mol. The molecule has 0 bridgehead atoms. The number of nitriles is 1. The topological polar surface area (TPSA) is 58.8 Å². The number of benzene rings is 1. The van der Waals surface area contributed by atoms with Crippen molar-refractivity contribution in [3.8, 4) is 23.2 Å². The maximum atomic E-state index is 9.86. The lowest BCUT2D eigenvalue weighted by atomic mass is 9.69. The van der Waals surface area contributed by atoms with E-state index in [1.165, 1.54) is 82.6 Å². The third-order valence-electron chi connectivity index (χ3n) is 8.43. The fourth-order valence-electron chi connectivity index (χ4n) is 5.71. The first-order valence-electron chi connectivity index (χ1n) is 15.6. The Kier molecular flexibility index (Phi) is 13.7. The molecule has 0 amide bonds. The van der Waals surface area contributed by atoms with Crippen molar-refractivity contribution in [2.75, 3.05) is 6.61 Å². The SMILES string of the molecule is CCCCCCCCCc1cnc(-c2ccc(OCC3CCC(C#N)(CCCCCCC)CC3)cc2)nc1. The molecule has 0 radical (unpaired) electrons. The van der Waals surface area contributed by atoms with Crippen LogP contribution in [-0.4, -0.2) is 16.6 Å². The Balaban J connectivity index is 1.36. The molecule has 1 saturated carbocycles. The highest BCUT2D eigenvalue weighted by atomic mass is 16.5. The summed E-state index contributed by atoms with van der Waals surface area (Å²) in [6.45, 7) is 5.25. The van der Waals surface area contributed by atoms with E-state index < -0.39 is 0 Å². The van der Waals surface area contributed by atoms with Crippen LogP contribution in [0.15, 0.2) is 36.7 Å².